The fraction of sp³-hybridized carbons (Fsp3) is 0.529. The highest BCUT2D eigenvalue weighted by molar-refractivity contribution is 7.17. The van der Waals surface area contributed by atoms with Crippen LogP contribution in [0, 0.1) is 17.3 Å². The number of anilines is 1. The van der Waals surface area contributed by atoms with Gasteiger partial charge >= 0.3 is 5.97 Å². The zero-order valence-corrected chi connectivity index (χ0v) is 16.1. The van der Waals surface area contributed by atoms with Gasteiger partial charge in [0.05, 0.1) is 18.6 Å². The van der Waals surface area contributed by atoms with Crippen LogP contribution in [0.3, 0.4) is 0 Å². The number of halogens is 2. The molecule has 7 heteroatoms. The van der Waals surface area contributed by atoms with Crippen molar-refractivity contribution in [2.75, 3.05) is 12.4 Å². The Labute approximate surface area is 155 Å². The van der Waals surface area contributed by atoms with E-state index in [-0.39, 0.29) is 33.6 Å². The summed E-state index contributed by atoms with van der Waals surface area (Å²) in [5.41, 5.74) is 1.34. The number of amides is 1. The highest BCUT2D eigenvalue weighted by atomic mass is 35.5. The Bertz CT molecular complexity index is 734. The van der Waals surface area contributed by atoms with E-state index in [1.54, 1.807) is 6.08 Å². The first-order valence-electron chi connectivity index (χ1n) is 7.84. The molecule has 130 valence electrons. The summed E-state index contributed by atoms with van der Waals surface area (Å²) < 4.78 is 5.08. The van der Waals surface area contributed by atoms with Crippen molar-refractivity contribution in [3.05, 3.63) is 26.6 Å². The molecule has 1 N–H and O–H groups in total. The van der Waals surface area contributed by atoms with Crippen LogP contribution in [0.2, 0.25) is 0 Å². The molecule has 0 bridgehead atoms. The molecule has 1 amide bonds. The minimum Gasteiger partial charge on any atom is -0.465 e. The monoisotopic (exact) mass is 387 g/mol. The first kappa shape index (κ1) is 17.8. The van der Waals surface area contributed by atoms with Crippen LogP contribution in [-0.4, -0.2) is 19.0 Å². The van der Waals surface area contributed by atoms with Gasteiger partial charge in [0.1, 0.15) is 9.49 Å². The van der Waals surface area contributed by atoms with Crippen LogP contribution < -0.4 is 5.32 Å². The molecule has 0 spiro atoms. The van der Waals surface area contributed by atoms with Gasteiger partial charge in [-0.25, -0.2) is 4.79 Å². The number of methoxy groups -OCH3 is 1. The molecule has 1 aromatic heterocycles. The highest BCUT2D eigenvalue weighted by Gasteiger charge is 2.60. The normalized spacial score (nSPS) is 23.4. The lowest BCUT2D eigenvalue weighted by Gasteiger charge is -2.07. The van der Waals surface area contributed by atoms with Crippen LogP contribution in [0.5, 0.6) is 0 Å². The van der Waals surface area contributed by atoms with Gasteiger partial charge in [-0.05, 0) is 42.2 Å². The number of allylic oxidation sites excluding steroid dienone is 1. The molecule has 2 aliphatic rings. The van der Waals surface area contributed by atoms with Crippen molar-refractivity contribution in [2.24, 2.45) is 17.3 Å². The average Bonchev–Trinajstić information content (AvgIpc) is 2.84. The number of carbonyl (C=O) groups excluding carboxylic acids is 2. The number of thiophene rings is 1. The number of rotatable bonds is 4. The van der Waals surface area contributed by atoms with Crippen LogP contribution in [0.25, 0.3) is 0 Å². The van der Waals surface area contributed by atoms with E-state index in [1.807, 2.05) is 13.8 Å². The van der Waals surface area contributed by atoms with Gasteiger partial charge in [-0.1, -0.05) is 37.0 Å². The Morgan fingerprint density at radius 2 is 2.04 bits per heavy atom. The lowest BCUT2D eigenvalue weighted by Crippen LogP contribution is -2.18. The van der Waals surface area contributed by atoms with E-state index in [0.29, 0.717) is 10.6 Å². The Hall–Kier alpha value is -1.04. The molecule has 0 radical (unpaired) electrons. The molecule has 4 nitrogen and oxygen atoms in total. The van der Waals surface area contributed by atoms with Crippen molar-refractivity contribution in [3.63, 3.8) is 0 Å². The molecular weight excluding hydrogens is 369 g/mol. The van der Waals surface area contributed by atoms with Crippen LogP contribution in [0.1, 0.15) is 41.1 Å². The van der Waals surface area contributed by atoms with Gasteiger partial charge in [-0.15, -0.1) is 11.3 Å². The molecular formula is C17H19Cl2NO3S. The smallest absolute Gasteiger partial charge is 0.341 e. The number of hydrogen-bond donors (Lipinski definition) is 1. The number of fused-ring (bicyclic) bond motifs is 1. The number of carbonyl (C=O) groups is 2. The summed E-state index contributed by atoms with van der Waals surface area (Å²) >= 11 is 13.0. The maximum absolute atomic E-state index is 12.7. The van der Waals surface area contributed by atoms with Crippen molar-refractivity contribution in [2.45, 2.75) is 33.1 Å². The third kappa shape index (κ3) is 2.98. The molecule has 0 aromatic carbocycles. The second-order valence-electron chi connectivity index (χ2n) is 6.82. The van der Waals surface area contributed by atoms with Gasteiger partial charge in [0.2, 0.25) is 5.91 Å². The van der Waals surface area contributed by atoms with Gasteiger partial charge in [-0.2, -0.15) is 0 Å². The van der Waals surface area contributed by atoms with Crippen molar-refractivity contribution >= 4 is 51.4 Å². The van der Waals surface area contributed by atoms with E-state index in [1.165, 1.54) is 23.3 Å². The molecule has 0 saturated heterocycles. The predicted octanol–water partition coefficient (Wildman–Crippen LogP) is 4.55. The predicted molar refractivity (Wildman–Crippen MR) is 96.9 cm³/mol. The second-order valence-corrected chi connectivity index (χ2v) is 8.94. The summed E-state index contributed by atoms with van der Waals surface area (Å²) in [5, 5.41) is 3.54. The number of aryl methyl sites for hydroxylation is 1. The second kappa shape index (κ2) is 6.36. The topological polar surface area (TPSA) is 55.4 Å². The minimum atomic E-state index is -0.389. The van der Waals surface area contributed by atoms with Crippen LogP contribution in [-0.2, 0) is 22.4 Å². The standard InChI is InChI=1S/C17H19Cl2NO3S/c1-17(2)9(7-11(18)19)13(17)14(21)20-15-12(16(22)23-3)8-5-4-6-10(8)24-15/h7,9,13H,4-6H2,1-3H3,(H,20,21)/t9-,13+/m0/s1. The Balaban J connectivity index is 1.84. The summed E-state index contributed by atoms with van der Waals surface area (Å²) in [6.45, 7) is 4.01. The molecule has 3 rings (SSSR count). The lowest BCUT2D eigenvalue weighted by atomic mass is 10.1. The summed E-state index contributed by atoms with van der Waals surface area (Å²) in [7, 11) is 1.36. The summed E-state index contributed by atoms with van der Waals surface area (Å²) in [4.78, 5) is 26.0. The highest BCUT2D eigenvalue weighted by Crippen LogP contribution is 2.60. The van der Waals surface area contributed by atoms with Crippen LogP contribution in [0.4, 0.5) is 5.00 Å². The lowest BCUT2D eigenvalue weighted by molar-refractivity contribution is -0.118. The van der Waals surface area contributed by atoms with E-state index in [2.05, 4.69) is 5.32 Å². The van der Waals surface area contributed by atoms with E-state index in [9.17, 15) is 9.59 Å². The molecule has 2 aliphatic carbocycles. The molecule has 1 aromatic rings. The SMILES string of the molecule is COC(=O)c1c(NC(=O)[C@H]2[C@H](C=C(Cl)Cl)C2(C)C)sc2c1CCC2. The van der Waals surface area contributed by atoms with Crippen LogP contribution >= 0.6 is 34.5 Å². The number of esters is 1. The van der Waals surface area contributed by atoms with Gasteiger partial charge in [0.25, 0.3) is 0 Å². The van der Waals surface area contributed by atoms with Crippen LogP contribution in [0.15, 0.2) is 10.6 Å². The molecule has 1 fully saturated rings. The van der Waals surface area contributed by atoms with E-state index in [4.69, 9.17) is 27.9 Å². The Kier molecular flexibility index (Phi) is 4.71. The van der Waals surface area contributed by atoms with Crippen molar-refractivity contribution in [1.82, 2.24) is 0 Å². The third-order valence-electron chi connectivity index (χ3n) is 5.05. The Morgan fingerprint density at radius 1 is 1.33 bits per heavy atom. The zero-order chi connectivity index (χ0) is 17.6. The summed E-state index contributed by atoms with van der Waals surface area (Å²) in [6, 6.07) is 0. The minimum absolute atomic E-state index is 0.00381. The first-order valence-corrected chi connectivity index (χ1v) is 9.41. The zero-order valence-electron chi connectivity index (χ0n) is 13.7. The first-order chi connectivity index (χ1) is 11.3. The summed E-state index contributed by atoms with van der Waals surface area (Å²) in [6.07, 6.45) is 4.55. The molecule has 24 heavy (non-hydrogen) atoms. The van der Waals surface area contributed by atoms with Crippen molar-refractivity contribution in [3.8, 4) is 0 Å². The maximum Gasteiger partial charge on any atom is 0.341 e. The molecule has 1 saturated carbocycles. The molecule has 1 heterocycles. The molecule has 2 atom stereocenters. The van der Waals surface area contributed by atoms with E-state index < -0.39 is 0 Å². The van der Waals surface area contributed by atoms with Gasteiger partial charge < -0.3 is 10.1 Å². The van der Waals surface area contributed by atoms with Gasteiger partial charge in [0.15, 0.2) is 0 Å². The fourth-order valence-corrected chi connectivity index (χ4v) is 5.18. The largest absolute Gasteiger partial charge is 0.465 e. The summed E-state index contributed by atoms with van der Waals surface area (Å²) in [5.74, 6) is -0.718. The average molecular weight is 388 g/mol. The van der Waals surface area contributed by atoms with Gasteiger partial charge in [-0.3, -0.25) is 4.79 Å². The Morgan fingerprint density at radius 3 is 2.67 bits per heavy atom. The van der Waals surface area contributed by atoms with E-state index >= 15 is 0 Å². The fourth-order valence-electron chi connectivity index (χ4n) is 3.63. The molecule has 0 unspecified atom stereocenters. The van der Waals surface area contributed by atoms with Gasteiger partial charge in [0, 0.05) is 4.88 Å². The van der Waals surface area contributed by atoms with Crippen molar-refractivity contribution < 1.29 is 14.3 Å². The number of nitrogens with one attached hydrogen (secondary N) is 1. The van der Waals surface area contributed by atoms with Crippen molar-refractivity contribution in [1.29, 1.82) is 0 Å². The maximum atomic E-state index is 12.7. The van der Waals surface area contributed by atoms with E-state index in [0.717, 1.165) is 24.8 Å². The molecule has 0 aliphatic heterocycles. The number of ether oxygens (including phenoxy) is 1. The third-order valence-corrected chi connectivity index (χ3v) is 6.51. The quantitative estimate of drug-likeness (QED) is 0.770. The number of hydrogen-bond acceptors (Lipinski definition) is 4.